The van der Waals surface area contributed by atoms with E-state index in [0.29, 0.717) is 0 Å². The number of hydrogen-bond donors (Lipinski definition) is 1. The molecule has 1 aromatic heterocycles. The number of halogens is 6. The molecule has 21 heavy (non-hydrogen) atoms. The monoisotopic (exact) mass is 311 g/mol. The lowest BCUT2D eigenvalue weighted by atomic mass is 10.1. The zero-order valence-corrected chi connectivity index (χ0v) is 10.0. The zero-order chi connectivity index (χ0) is 15.8. The van der Waals surface area contributed by atoms with E-state index in [1.54, 1.807) is 0 Å². The minimum atomic E-state index is -5.59. The van der Waals surface area contributed by atoms with Gasteiger partial charge in [0.1, 0.15) is 0 Å². The number of benzene rings is 1. The van der Waals surface area contributed by atoms with Crippen molar-refractivity contribution in [1.29, 1.82) is 0 Å². The second kappa shape index (κ2) is 4.93. The number of anilines is 1. The highest BCUT2D eigenvalue weighted by Gasteiger charge is 2.60. The molecule has 114 valence electrons. The predicted octanol–water partition coefficient (Wildman–Crippen LogP) is 3.53. The largest absolute Gasteiger partial charge is 0.409 e. The lowest BCUT2D eigenvalue weighted by Gasteiger charge is -2.18. The maximum atomic E-state index is 12.5. The van der Waals surface area contributed by atoms with E-state index in [9.17, 15) is 26.3 Å². The molecule has 1 aromatic carbocycles. The van der Waals surface area contributed by atoms with E-state index < -0.39 is 30.0 Å². The number of para-hydroxylation sites is 1. The molecule has 2 rings (SSSR count). The molecule has 2 aromatic rings. The van der Waals surface area contributed by atoms with E-state index in [1.807, 2.05) is 0 Å². The molecule has 0 atom stereocenters. The summed E-state index contributed by atoms with van der Waals surface area (Å²) in [6.07, 6.45) is -11.2. The number of alkyl halides is 6. The maximum Gasteiger partial charge on any atom is 0.409 e. The first-order valence-corrected chi connectivity index (χ1v) is 5.42. The SMILES string of the molecule is Nc1ccccc1-c1noc(C(C(F)(F)F)C(F)(F)F)n1. The van der Waals surface area contributed by atoms with Gasteiger partial charge in [-0.15, -0.1) is 0 Å². The van der Waals surface area contributed by atoms with Crippen LogP contribution >= 0.6 is 0 Å². The lowest BCUT2D eigenvalue weighted by Crippen LogP contribution is -2.34. The van der Waals surface area contributed by atoms with Crippen LogP contribution in [0.4, 0.5) is 32.0 Å². The van der Waals surface area contributed by atoms with Crippen molar-refractivity contribution in [1.82, 2.24) is 10.1 Å². The standard InChI is InChI=1S/C11H7F6N3O/c12-10(13,14)7(11(15,16)17)9-19-8(20-21-9)5-3-1-2-4-6(5)18/h1-4,7H,18H2. The van der Waals surface area contributed by atoms with Gasteiger partial charge in [0, 0.05) is 11.3 Å². The molecule has 0 spiro atoms. The minimum absolute atomic E-state index is 0.0793. The Hall–Kier alpha value is -2.26. The summed E-state index contributed by atoms with van der Waals surface area (Å²) in [4.78, 5) is 3.18. The second-order valence-corrected chi connectivity index (χ2v) is 4.06. The molecular formula is C11H7F6N3O. The average Bonchev–Trinajstić information content (AvgIpc) is 2.74. The van der Waals surface area contributed by atoms with Crippen molar-refractivity contribution in [2.45, 2.75) is 18.3 Å². The first kappa shape index (κ1) is 15.1. The van der Waals surface area contributed by atoms with Crippen molar-refractivity contribution in [3.05, 3.63) is 30.2 Å². The Morgan fingerprint density at radius 3 is 2.10 bits per heavy atom. The molecule has 0 bridgehead atoms. The summed E-state index contributed by atoms with van der Waals surface area (Å²) in [6.45, 7) is 0. The molecule has 0 aliphatic carbocycles. The normalized spacial score (nSPS) is 12.9. The third-order valence-corrected chi connectivity index (χ3v) is 2.55. The zero-order valence-electron chi connectivity index (χ0n) is 10.0. The van der Waals surface area contributed by atoms with Gasteiger partial charge in [-0.3, -0.25) is 0 Å². The van der Waals surface area contributed by atoms with Crippen LogP contribution in [-0.4, -0.2) is 22.5 Å². The summed E-state index contributed by atoms with van der Waals surface area (Å²) >= 11 is 0. The van der Waals surface area contributed by atoms with E-state index >= 15 is 0 Å². The number of nitrogen functional groups attached to an aromatic ring is 1. The second-order valence-electron chi connectivity index (χ2n) is 4.06. The number of hydrogen-bond acceptors (Lipinski definition) is 4. The summed E-state index contributed by atoms with van der Waals surface area (Å²) in [5.41, 5.74) is 5.72. The van der Waals surface area contributed by atoms with Gasteiger partial charge in [0.15, 0.2) is 0 Å². The molecule has 0 unspecified atom stereocenters. The Kier molecular flexibility index (Phi) is 3.56. The summed E-state index contributed by atoms with van der Waals surface area (Å²) in [5, 5.41) is 3.13. The van der Waals surface area contributed by atoms with Gasteiger partial charge in [0.25, 0.3) is 0 Å². The van der Waals surface area contributed by atoms with Gasteiger partial charge in [-0.25, -0.2) is 0 Å². The van der Waals surface area contributed by atoms with Crippen molar-refractivity contribution < 1.29 is 30.9 Å². The van der Waals surface area contributed by atoms with Crippen LogP contribution < -0.4 is 5.73 Å². The highest BCUT2D eigenvalue weighted by atomic mass is 19.4. The van der Waals surface area contributed by atoms with Crippen molar-refractivity contribution >= 4 is 5.69 Å². The molecule has 2 N–H and O–H groups in total. The van der Waals surface area contributed by atoms with Gasteiger partial charge >= 0.3 is 12.4 Å². The number of aromatic nitrogens is 2. The molecule has 0 amide bonds. The number of rotatable bonds is 2. The van der Waals surface area contributed by atoms with Gasteiger partial charge in [-0.05, 0) is 12.1 Å². The van der Waals surface area contributed by atoms with Gasteiger partial charge in [-0.1, -0.05) is 17.3 Å². The Morgan fingerprint density at radius 2 is 1.57 bits per heavy atom. The predicted molar refractivity (Wildman–Crippen MR) is 59.0 cm³/mol. The molecule has 0 fully saturated rings. The Morgan fingerprint density at radius 1 is 1.00 bits per heavy atom. The molecule has 0 saturated heterocycles. The van der Waals surface area contributed by atoms with Crippen LogP contribution in [0.15, 0.2) is 28.8 Å². The number of nitrogens with two attached hydrogens (primary N) is 1. The van der Waals surface area contributed by atoms with Crippen LogP contribution in [0.3, 0.4) is 0 Å². The van der Waals surface area contributed by atoms with Crippen molar-refractivity contribution in [3.63, 3.8) is 0 Å². The molecule has 0 aliphatic rings. The topological polar surface area (TPSA) is 64.9 Å². The van der Waals surface area contributed by atoms with Gasteiger partial charge in [-0.2, -0.15) is 31.3 Å². The fourth-order valence-corrected chi connectivity index (χ4v) is 1.63. The average molecular weight is 311 g/mol. The molecule has 0 saturated carbocycles. The van der Waals surface area contributed by atoms with E-state index in [0.717, 1.165) is 0 Å². The molecule has 0 radical (unpaired) electrons. The maximum absolute atomic E-state index is 12.5. The first-order chi connectivity index (χ1) is 9.60. The van der Waals surface area contributed by atoms with E-state index in [-0.39, 0.29) is 11.3 Å². The van der Waals surface area contributed by atoms with Crippen LogP contribution in [-0.2, 0) is 0 Å². The Balaban J connectivity index is 2.45. The Labute approximate surface area is 113 Å². The molecule has 1 heterocycles. The lowest BCUT2D eigenvalue weighted by molar-refractivity contribution is -0.259. The van der Waals surface area contributed by atoms with Gasteiger partial charge < -0.3 is 10.3 Å². The fraction of sp³-hybridized carbons (Fsp3) is 0.273. The van der Waals surface area contributed by atoms with E-state index in [4.69, 9.17) is 5.73 Å². The van der Waals surface area contributed by atoms with Crippen LogP contribution in [0.2, 0.25) is 0 Å². The van der Waals surface area contributed by atoms with Crippen LogP contribution in [0.5, 0.6) is 0 Å². The fourth-order valence-electron chi connectivity index (χ4n) is 1.63. The van der Waals surface area contributed by atoms with Crippen molar-refractivity contribution in [3.8, 4) is 11.4 Å². The summed E-state index contributed by atoms with van der Waals surface area (Å²) in [5.74, 6) is -5.86. The Bertz CT molecular complexity index is 619. The smallest absolute Gasteiger partial charge is 0.398 e. The molecule has 10 heteroatoms. The first-order valence-electron chi connectivity index (χ1n) is 5.42. The van der Waals surface area contributed by atoms with E-state index in [2.05, 4.69) is 14.7 Å². The quantitative estimate of drug-likeness (QED) is 0.680. The number of nitrogens with zero attached hydrogens (tertiary/aromatic N) is 2. The molecular weight excluding hydrogens is 304 g/mol. The third kappa shape index (κ3) is 3.09. The molecule has 0 aliphatic heterocycles. The highest BCUT2D eigenvalue weighted by molar-refractivity contribution is 5.70. The third-order valence-electron chi connectivity index (χ3n) is 2.55. The minimum Gasteiger partial charge on any atom is -0.398 e. The van der Waals surface area contributed by atoms with Crippen LogP contribution in [0, 0.1) is 0 Å². The van der Waals surface area contributed by atoms with Crippen molar-refractivity contribution in [2.75, 3.05) is 5.73 Å². The molecule has 4 nitrogen and oxygen atoms in total. The van der Waals surface area contributed by atoms with Gasteiger partial charge in [0.05, 0.1) is 0 Å². The van der Waals surface area contributed by atoms with Crippen molar-refractivity contribution in [2.24, 2.45) is 0 Å². The highest BCUT2D eigenvalue weighted by Crippen LogP contribution is 2.46. The summed E-state index contributed by atoms with van der Waals surface area (Å²) < 4.78 is 79.3. The summed E-state index contributed by atoms with van der Waals surface area (Å²) in [6, 6.07) is 5.76. The van der Waals surface area contributed by atoms with Gasteiger partial charge in [0.2, 0.25) is 17.6 Å². The van der Waals surface area contributed by atoms with Crippen LogP contribution in [0.1, 0.15) is 11.8 Å². The summed E-state index contributed by atoms with van der Waals surface area (Å²) in [7, 11) is 0. The van der Waals surface area contributed by atoms with Crippen LogP contribution in [0.25, 0.3) is 11.4 Å². The van der Waals surface area contributed by atoms with E-state index in [1.165, 1.54) is 24.3 Å².